The molecule has 7 nitrogen and oxygen atoms in total. The summed E-state index contributed by atoms with van der Waals surface area (Å²) in [5, 5.41) is 4.67. The number of carbonyl (C=O) groups excluding carboxylic acids is 2. The Bertz CT molecular complexity index is 1490. The first-order chi connectivity index (χ1) is 20.2. The van der Waals surface area contributed by atoms with Crippen molar-refractivity contribution in [2.24, 2.45) is 11.8 Å². The molecule has 0 unspecified atom stereocenters. The second kappa shape index (κ2) is 12.5. The summed E-state index contributed by atoms with van der Waals surface area (Å²) >= 11 is 14.0. The summed E-state index contributed by atoms with van der Waals surface area (Å²) in [5.41, 5.74) is 6.26. The van der Waals surface area contributed by atoms with Crippen molar-refractivity contribution < 1.29 is 14.1 Å². The number of piperidine rings is 2. The molecule has 2 aliphatic heterocycles. The van der Waals surface area contributed by atoms with Gasteiger partial charge in [-0.15, -0.1) is 0 Å². The molecule has 42 heavy (non-hydrogen) atoms. The fourth-order valence-corrected chi connectivity index (χ4v) is 8.67. The normalized spacial score (nSPS) is 20.2. The highest BCUT2D eigenvalue weighted by Crippen LogP contribution is 2.46. The number of likely N-dealkylation sites (tertiary alicyclic amines) is 2. The zero-order valence-corrected chi connectivity index (χ0v) is 27.9. The number of hydrogen-bond donors (Lipinski definition) is 0. The first kappa shape index (κ1) is 30.0. The number of Topliss-reactive ketones (excluding diaryl/α,β-unsaturated/α-hetero) is 1. The molecule has 2 aromatic heterocycles. The summed E-state index contributed by atoms with van der Waals surface area (Å²) in [6.07, 6.45) is 7.22. The maximum absolute atomic E-state index is 13.3. The van der Waals surface area contributed by atoms with Crippen LogP contribution in [0.5, 0.6) is 0 Å². The number of rotatable bonds is 5. The molecular weight excluding hydrogens is 684 g/mol. The van der Waals surface area contributed by atoms with Gasteiger partial charge in [0.15, 0.2) is 0 Å². The molecule has 2 fully saturated rings. The molecule has 1 aliphatic carbocycles. The Labute approximate surface area is 268 Å². The Morgan fingerprint density at radius 2 is 1.71 bits per heavy atom. The van der Waals surface area contributed by atoms with Gasteiger partial charge in [-0.3, -0.25) is 19.5 Å². The number of aromatic nitrogens is 2. The second-order valence-corrected chi connectivity index (χ2v) is 14.2. The van der Waals surface area contributed by atoms with Crippen LogP contribution in [-0.2, 0) is 17.6 Å². The van der Waals surface area contributed by atoms with Crippen molar-refractivity contribution in [3.8, 4) is 0 Å². The molecule has 2 saturated heterocycles. The number of amides is 1. The van der Waals surface area contributed by atoms with Crippen molar-refractivity contribution >= 4 is 55.2 Å². The summed E-state index contributed by atoms with van der Waals surface area (Å²) < 4.78 is 7.25. The van der Waals surface area contributed by atoms with E-state index in [-0.39, 0.29) is 17.7 Å². The average Bonchev–Trinajstić information content (AvgIpc) is 3.22. The average molecular weight is 719 g/mol. The monoisotopic (exact) mass is 716 g/mol. The molecular formula is C32H35Br2ClN4O3. The minimum atomic E-state index is -0.0448. The number of carbonyl (C=O) groups is 2. The van der Waals surface area contributed by atoms with Crippen LogP contribution in [0.2, 0.25) is 5.02 Å². The Hall–Kier alpha value is -2.07. The Morgan fingerprint density at radius 1 is 1.00 bits per heavy atom. The lowest BCUT2D eigenvalue weighted by molar-refractivity contribution is -0.125. The van der Waals surface area contributed by atoms with E-state index in [2.05, 4.69) is 54.0 Å². The zero-order chi connectivity index (χ0) is 29.5. The number of fused-ring (bicyclic) bond motifs is 2. The van der Waals surface area contributed by atoms with Crippen LogP contribution in [0.15, 0.2) is 37.9 Å². The molecule has 222 valence electrons. The van der Waals surface area contributed by atoms with Crippen molar-refractivity contribution in [2.45, 2.75) is 58.3 Å². The van der Waals surface area contributed by atoms with Crippen molar-refractivity contribution in [2.75, 3.05) is 32.7 Å². The highest BCUT2D eigenvalue weighted by atomic mass is 79.9. The van der Waals surface area contributed by atoms with Crippen LogP contribution in [0, 0.1) is 25.7 Å². The van der Waals surface area contributed by atoms with Crippen LogP contribution in [0.3, 0.4) is 0 Å². The molecule has 4 heterocycles. The quantitative estimate of drug-likeness (QED) is 0.285. The van der Waals surface area contributed by atoms with E-state index < -0.39 is 0 Å². The molecule has 3 aliphatic rings. The highest BCUT2D eigenvalue weighted by Gasteiger charge is 2.37. The summed E-state index contributed by atoms with van der Waals surface area (Å²) in [7, 11) is 0. The fraction of sp³-hybridized carbons (Fsp3) is 0.500. The van der Waals surface area contributed by atoms with E-state index in [1.54, 1.807) is 13.8 Å². The van der Waals surface area contributed by atoms with Gasteiger partial charge in [0.25, 0.3) is 5.91 Å². The van der Waals surface area contributed by atoms with Gasteiger partial charge in [-0.25, -0.2) is 0 Å². The molecule has 3 aromatic rings. The standard InChI is InChI=1S/C32H35Br2ClN4O3/c1-18-28(19(2)42-37-18)32(41)39-11-7-20(8-12-39)27(40)17-38-9-5-21(6-10-38)30-29-22(14-25(35)15-26(29)34)3-4-23-13-24(33)16-36-31(23)30/h13-16,20-21,30H,3-12,17H2,1-2H3/t30-/m1/s1. The van der Waals surface area contributed by atoms with Gasteiger partial charge in [-0.05, 0) is 122 Å². The molecule has 1 amide bonds. The molecule has 0 saturated carbocycles. The largest absolute Gasteiger partial charge is 0.361 e. The number of nitrogens with zero attached hydrogens (tertiary/aromatic N) is 4. The summed E-state index contributed by atoms with van der Waals surface area (Å²) in [6, 6.07) is 6.35. The molecule has 0 N–H and O–H groups in total. The predicted molar refractivity (Wildman–Crippen MR) is 169 cm³/mol. The van der Waals surface area contributed by atoms with E-state index in [0.717, 1.165) is 52.7 Å². The number of ketones is 1. The minimum Gasteiger partial charge on any atom is -0.361 e. The summed E-state index contributed by atoms with van der Waals surface area (Å²) in [5.74, 6) is 1.42. The van der Waals surface area contributed by atoms with E-state index in [9.17, 15) is 9.59 Å². The summed E-state index contributed by atoms with van der Waals surface area (Å²) in [6.45, 7) is 7.00. The molecule has 10 heteroatoms. The van der Waals surface area contributed by atoms with Crippen LogP contribution in [0.1, 0.15) is 75.8 Å². The Balaban J connectivity index is 1.09. The zero-order valence-electron chi connectivity index (χ0n) is 24.0. The van der Waals surface area contributed by atoms with Gasteiger partial charge in [0.2, 0.25) is 0 Å². The van der Waals surface area contributed by atoms with E-state index in [4.69, 9.17) is 21.1 Å². The predicted octanol–water partition coefficient (Wildman–Crippen LogP) is 6.93. The van der Waals surface area contributed by atoms with Gasteiger partial charge in [0.05, 0.1) is 17.9 Å². The van der Waals surface area contributed by atoms with Crippen molar-refractivity contribution in [1.29, 1.82) is 0 Å². The minimum absolute atomic E-state index is 0.000374. The SMILES string of the molecule is Cc1noc(C)c1C(=O)N1CCC(C(=O)CN2CCC([C@H]3c4ncc(Br)cc4CCc4cc(Cl)cc(Br)c43)CC2)CC1. The van der Waals surface area contributed by atoms with Gasteiger partial charge in [-0.2, -0.15) is 0 Å². The van der Waals surface area contributed by atoms with E-state index in [0.29, 0.717) is 61.2 Å². The number of hydrogen-bond acceptors (Lipinski definition) is 6. The number of pyridine rings is 1. The van der Waals surface area contributed by atoms with Crippen LogP contribution in [0.25, 0.3) is 0 Å². The molecule has 0 bridgehead atoms. The van der Waals surface area contributed by atoms with Gasteiger partial charge in [0.1, 0.15) is 17.1 Å². The lowest BCUT2D eigenvalue weighted by Gasteiger charge is -2.38. The van der Waals surface area contributed by atoms with Gasteiger partial charge >= 0.3 is 0 Å². The van der Waals surface area contributed by atoms with Gasteiger partial charge < -0.3 is 9.42 Å². The van der Waals surface area contributed by atoms with Crippen LogP contribution in [-0.4, -0.2) is 64.4 Å². The summed E-state index contributed by atoms with van der Waals surface area (Å²) in [4.78, 5) is 35.5. The first-order valence-corrected chi connectivity index (χ1v) is 16.7. The van der Waals surface area contributed by atoms with E-state index in [1.165, 1.54) is 22.4 Å². The van der Waals surface area contributed by atoms with Crippen LogP contribution in [0.4, 0.5) is 0 Å². The second-order valence-electron chi connectivity index (χ2n) is 12.0. The Kier molecular flexibility index (Phi) is 8.92. The third-order valence-corrected chi connectivity index (χ3v) is 10.7. The first-order valence-electron chi connectivity index (χ1n) is 14.8. The number of halogens is 3. The number of benzene rings is 1. The maximum atomic E-state index is 13.3. The van der Waals surface area contributed by atoms with Crippen molar-refractivity contribution in [3.63, 3.8) is 0 Å². The van der Waals surface area contributed by atoms with Gasteiger partial charge in [-0.1, -0.05) is 32.7 Å². The molecule has 1 atom stereocenters. The smallest absolute Gasteiger partial charge is 0.259 e. The lowest BCUT2D eigenvalue weighted by atomic mass is 9.76. The third-order valence-electron chi connectivity index (χ3n) is 9.39. The highest BCUT2D eigenvalue weighted by molar-refractivity contribution is 9.10. The molecule has 6 rings (SSSR count). The topological polar surface area (TPSA) is 79.5 Å². The third kappa shape index (κ3) is 5.99. The molecule has 0 radical (unpaired) electrons. The van der Waals surface area contributed by atoms with Crippen LogP contribution >= 0.6 is 43.5 Å². The lowest BCUT2D eigenvalue weighted by Crippen LogP contribution is -2.44. The number of aryl methyl sites for hydroxylation is 4. The Morgan fingerprint density at radius 3 is 2.40 bits per heavy atom. The maximum Gasteiger partial charge on any atom is 0.259 e. The molecule has 0 spiro atoms. The molecule has 1 aromatic carbocycles. The van der Waals surface area contributed by atoms with E-state index in [1.807, 2.05) is 17.2 Å². The van der Waals surface area contributed by atoms with E-state index >= 15 is 0 Å². The fourth-order valence-electron chi connectivity index (χ4n) is 7.18. The van der Waals surface area contributed by atoms with Crippen LogP contribution < -0.4 is 0 Å². The van der Waals surface area contributed by atoms with Crippen molar-refractivity contribution in [3.05, 3.63) is 77.8 Å². The van der Waals surface area contributed by atoms with Crippen molar-refractivity contribution in [1.82, 2.24) is 19.9 Å². The van der Waals surface area contributed by atoms with Gasteiger partial charge in [0, 0.05) is 45.1 Å².